The van der Waals surface area contributed by atoms with Gasteiger partial charge in [-0.25, -0.2) is 9.98 Å². The summed E-state index contributed by atoms with van der Waals surface area (Å²) in [6.45, 7) is 0. The Morgan fingerprint density at radius 1 is 0.383 bits per heavy atom. The van der Waals surface area contributed by atoms with Crippen molar-refractivity contribution < 1.29 is 0 Å². The van der Waals surface area contributed by atoms with Gasteiger partial charge in [-0.3, -0.25) is 0 Å². The second-order valence-electron chi connectivity index (χ2n) is 15.7. The summed E-state index contributed by atoms with van der Waals surface area (Å²) in [5.41, 5.74) is 5.58. The second-order valence-corrected chi connectivity index (χ2v) is 17.9. The van der Waals surface area contributed by atoms with Crippen molar-refractivity contribution in [1.29, 1.82) is 0 Å². The Labute approximate surface area is 353 Å². The SMILES string of the molecule is c1ccc(C2N=C(c3cccc4sc5ccccc5c34)N=C(c3cc(-c4cc5cc6ccccc6cc5c5ccccc45)cc4sc5cc6ccccc6cc5c34)N2)cc1. The van der Waals surface area contributed by atoms with E-state index in [1.807, 2.05) is 22.7 Å². The fraction of sp³-hybridized carbons (Fsp3) is 0.0182. The van der Waals surface area contributed by atoms with E-state index in [9.17, 15) is 0 Å². The fourth-order valence-corrected chi connectivity index (χ4v) is 11.8. The molecule has 3 heterocycles. The topological polar surface area (TPSA) is 36.8 Å². The number of thiophene rings is 2. The number of amidine groups is 2. The van der Waals surface area contributed by atoms with Crippen molar-refractivity contribution in [1.82, 2.24) is 5.32 Å². The number of nitrogens with one attached hydrogen (secondary N) is 1. The maximum Gasteiger partial charge on any atom is 0.160 e. The zero-order valence-electron chi connectivity index (χ0n) is 32.2. The smallest absolute Gasteiger partial charge is 0.160 e. The highest BCUT2D eigenvalue weighted by Gasteiger charge is 2.26. The van der Waals surface area contributed by atoms with Crippen LogP contribution in [0.1, 0.15) is 22.9 Å². The molecular weight excluding hydrogens is 767 g/mol. The quantitative estimate of drug-likeness (QED) is 0.140. The van der Waals surface area contributed by atoms with Gasteiger partial charge in [0.1, 0.15) is 12.0 Å². The third kappa shape index (κ3) is 5.26. The third-order valence-corrected chi connectivity index (χ3v) is 14.5. The molecule has 0 fully saturated rings. The van der Waals surface area contributed by atoms with Crippen molar-refractivity contribution in [2.75, 3.05) is 0 Å². The molecule has 60 heavy (non-hydrogen) atoms. The Kier molecular flexibility index (Phi) is 7.41. The van der Waals surface area contributed by atoms with E-state index in [1.54, 1.807) is 0 Å². The van der Waals surface area contributed by atoms with Crippen LogP contribution in [0.4, 0.5) is 0 Å². The van der Waals surface area contributed by atoms with Crippen LogP contribution in [0.2, 0.25) is 0 Å². The van der Waals surface area contributed by atoms with Gasteiger partial charge in [0.2, 0.25) is 0 Å². The van der Waals surface area contributed by atoms with Gasteiger partial charge in [0, 0.05) is 51.5 Å². The Balaban J connectivity index is 1.11. The standard InChI is InChI=1S/C55H33N3S2/c1-2-13-32(14-3-1)53-56-54(42-22-12-24-48-51(42)41-21-10-11-23-47(41)59-48)58-55(57-53)46-29-38(31-50-52(46)45-27-35-17-6-7-18-36(35)30-49(45)60-50)44-28-37-25-33-15-4-5-16-34(33)26-43(37)39-19-8-9-20-40(39)44/h1-31,53H,(H,56,57,58). The van der Waals surface area contributed by atoms with Gasteiger partial charge in [0.05, 0.1) is 0 Å². The summed E-state index contributed by atoms with van der Waals surface area (Å²) >= 11 is 3.68. The average molecular weight is 800 g/mol. The molecule has 12 aromatic rings. The molecule has 0 saturated heterocycles. The summed E-state index contributed by atoms with van der Waals surface area (Å²) in [5, 5.41) is 18.7. The maximum atomic E-state index is 5.58. The number of benzene rings is 10. The lowest BCUT2D eigenvalue weighted by Gasteiger charge is -2.25. The highest BCUT2D eigenvalue weighted by Crippen LogP contribution is 2.44. The van der Waals surface area contributed by atoms with E-state index in [2.05, 4.69) is 193 Å². The minimum absolute atomic E-state index is 0.340. The molecule has 0 bridgehead atoms. The molecule has 0 aliphatic carbocycles. The Bertz CT molecular complexity index is 3820. The lowest BCUT2D eigenvalue weighted by Crippen LogP contribution is -2.33. The molecule has 2 aromatic heterocycles. The number of hydrogen-bond donors (Lipinski definition) is 1. The summed E-state index contributed by atoms with van der Waals surface area (Å²) in [5.74, 6) is 1.56. The number of hydrogen-bond acceptors (Lipinski definition) is 5. The van der Waals surface area contributed by atoms with E-state index in [0.717, 1.165) is 33.9 Å². The van der Waals surface area contributed by atoms with Crippen LogP contribution in [0.5, 0.6) is 0 Å². The molecule has 10 aromatic carbocycles. The lowest BCUT2D eigenvalue weighted by atomic mass is 9.90. The van der Waals surface area contributed by atoms with Gasteiger partial charge in [-0.05, 0) is 114 Å². The van der Waals surface area contributed by atoms with Crippen LogP contribution >= 0.6 is 22.7 Å². The Morgan fingerprint density at radius 2 is 1.02 bits per heavy atom. The van der Waals surface area contributed by atoms with Gasteiger partial charge in [-0.1, -0.05) is 133 Å². The van der Waals surface area contributed by atoms with Crippen LogP contribution < -0.4 is 5.32 Å². The van der Waals surface area contributed by atoms with Crippen molar-refractivity contribution in [2.45, 2.75) is 6.17 Å². The number of fused-ring (bicyclic) bond motifs is 11. The largest absolute Gasteiger partial charge is 0.344 e. The van der Waals surface area contributed by atoms with Crippen LogP contribution in [-0.2, 0) is 0 Å². The Hall–Kier alpha value is -7.18. The average Bonchev–Trinajstić information content (AvgIpc) is 3.87. The first-order valence-corrected chi connectivity index (χ1v) is 22.0. The molecule has 0 radical (unpaired) electrons. The van der Waals surface area contributed by atoms with Gasteiger partial charge >= 0.3 is 0 Å². The first kappa shape index (κ1) is 33.8. The molecule has 0 saturated carbocycles. The molecule has 1 atom stereocenters. The van der Waals surface area contributed by atoms with Gasteiger partial charge in [-0.15, -0.1) is 22.7 Å². The van der Waals surface area contributed by atoms with Crippen LogP contribution in [0, 0.1) is 0 Å². The van der Waals surface area contributed by atoms with Gasteiger partial charge in [0.15, 0.2) is 5.84 Å². The summed E-state index contributed by atoms with van der Waals surface area (Å²) in [7, 11) is 0. The molecule has 5 heteroatoms. The van der Waals surface area contributed by atoms with E-state index in [4.69, 9.17) is 9.98 Å². The van der Waals surface area contributed by atoms with Crippen molar-refractivity contribution in [3.63, 3.8) is 0 Å². The highest BCUT2D eigenvalue weighted by molar-refractivity contribution is 7.26. The summed E-state index contributed by atoms with van der Waals surface area (Å²) in [6, 6.07) is 68.7. The first-order valence-electron chi connectivity index (χ1n) is 20.3. The molecule has 0 spiro atoms. The van der Waals surface area contributed by atoms with Crippen LogP contribution in [0.25, 0.3) is 94.6 Å². The molecule has 1 N–H and O–H groups in total. The van der Waals surface area contributed by atoms with E-state index < -0.39 is 0 Å². The molecule has 280 valence electrons. The van der Waals surface area contributed by atoms with E-state index in [-0.39, 0.29) is 6.17 Å². The molecule has 3 nitrogen and oxygen atoms in total. The van der Waals surface area contributed by atoms with E-state index >= 15 is 0 Å². The summed E-state index contributed by atoms with van der Waals surface area (Å²) in [4.78, 5) is 11.0. The van der Waals surface area contributed by atoms with Crippen molar-refractivity contribution in [2.24, 2.45) is 9.98 Å². The zero-order chi connectivity index (χ0) is 39.3. The van der Waals surface area contributed by atoms with Crippen molar-refractivity contribution >= 4 is 118 Å². The molecule has 13 rings (SSSR count). The Morgan fingerprint density at radius 3 is 1.83 bits per heavy atom. The molecule has 1 unspecified atom stereocenters. The molecule has 1 aliphatic heterocycles. The third-order valence-electron chi connectivity index (χ3n) is 12.2. The number of aliphatic imine (C=N–C) groups is 2. The van der Waals surface area contributed by atoms with Gasteiger partial charge in [0.25, 0.3) is 0 Å². The molecule has 1 aliphatic rings. The van der Waals surface area contributed by atoms with Crippen molar-refractivity contribution in [3.05, 3.63) is 205 Å². The van der Waals surface area contributed by atoms with E-state index in [0.29, 0.717) is 0 Å². The molecular formula is C55H33N3S2. The lowest BCUT2D eigenvalue weighted by molar-refractivity contribution is 0.675. The second kappa shape index (κ2) is 13.2. The fourth-order valence-electron chi connectivity index (χ4n) is 9.44. The number of nitrogens with zero attached hydrogens (tertiary/aromatic N) is 2. The predicted molar refractivity (Wildman–Crippen MR) is 260 cm³/mol. The van der Waals surface area contributed by atoms with Crippen LogP contribution in [-0.4, -0.2) is 11.7 Å². The summed E-state index contributed by atoms with van der Waals surface area (Å²) in [6.07, 6.45) is -0.340. The van der Waals surface area contributed by atoms with Gasteiger partial charge in [-0.2, -0.15) is 0 Å². The number of rotatable bonds is 4. The maximum absolute atomic E-state index is 5.58. The molecule has 0 amide bonds. The van der Waals surface area contributed by atoms with Crippen LogP contribution in [0.3, 0.4) is 0 Å². The zero-order valence-corrected chi connectivity index (χ0v) is 33.8. The highest BCUT2D eigenvalue weighted by atomic mass is 32.1. The minimum atomic E-state index is -0.340. The predicted octanol–water partition coefficient (Wildman–Crippen LogP) is 15.2. The normalized spacial score (nSPS) is 14.5. The summed E-state index contributed by atoms with van der Waals surface area (Å²) < 4.78 is 4.99. The first-order chi connectivity index (χ1) is 29.7. The van der Waals surface area contributed by atoms with E-state index in [1.165, 1.54) is 89.0 Å². The van der Waals surface area contributed by atoms with Crippen molar-refractivity contribution in [3.8, 4) is 11.1 Å². The van der Waals surface area contributed by atoms with Gasteiger partial charge < -0.3 is 5.32 Å². The van der Waals surface area contributed by atoms with Crippen LogP contribution in [0.15, 0.2) is 198 Å². The monoisotopic (exact) mass is 799 g/mol. The minimum Gasteiger partial charge on any atom is -0.344 e.